The molecule has 146 valence electrons. The minimum Gasteiger partial charge on any atom is -0.489 e. The minimum atomic E-state index is -0.685. The van der Waals surface area contributed by atoms with E-state index >= 15 is 0 Å². The Morgan fingerprint density at radius 1 is 0.786 bits per heavy atom. The van der Waals surface area contributed by atoms with E-state index in [0.717, 1.165) is 47.5 Å². The first-order valence-corrected chi connectivity index (χ1v) is 9.87. The lowest BCUT2D eigenvalue weighted by Crippen LogP contribution is -2.02. The normalized spacial score (nSPS) is 11.9. The maximum atomic E-state index is 10.8. The monoisotopic (exact) mass is 376 g/mol. The zero-order valence-corrected chi connectivity index (χ0v) is 16.4. The topological polar surface area (TPSA) is 38.7 Å². The number of unbranched alkanes of at least 4 members (excludes halogenated alkanes) is 1. The van der Waals surface area contributed by atoms with Gasteiger partial charge in [0.15, 0.2) is 0 Å². The molecule has 0 fully saturated rings. The maximum absolute atomic E-state index is 10.8. The number of ether oxygens (including phenoxy) is 2. The van der Waals surface area contributed by atoms with Crippen LogP contribution in [0.1, 0.15) is 48.1 Å². The maximum Gasteiger partial charge on any atom is 0.120 e. The molecule has 0 bridgehead atoms. The van der Waals surface area contributed by atoms with E-state index in [1.54, 1.807) is 0 Å². The summed E-state index contributed by atoms with van der Waals surface area (Å²) in [5.41, 5.74) is 3.91. The van der Waals surface area contributed by atoms with Gasteiger partial charge in [0, 0.05) is 6.61 Å². The molecule has 0 aliphatic carbocycles. The van der Waals surface area contributed by atoms with E-state index in [1.807, 2.05) is 78.9 Å². The van der Waals surface area contributed by atoms with Crippen molar-refractivity contribution in [1.82, 2.24) is 0 Å². The van der Waals surface area contributed by atoms with Crippen LogP contribution < -0.4 is 4.74 Å². The Morgan fingerprint density at radius 3 is 2.29 bits per heavy atom. The van der Waals surface area contributed by atoms with Crippen LogP contribution in [-0.2, 0) is 18.0 Å². The fraction of sp³-hybridized carbons (Fsp3) is 0.280. The second-order valence-electron chi connectivity index (χ2n) is 6.90. The van der Waals surface area contributed by atoms with Crippen LogP contribution in [0.25, 0.3) is 0 Å². The lowest BCUT2D eigenvalue weighted by Gasteiger charge is -2.14. The summed E-state index contributed by atoms with van der Waals surface area (Å²) in [4.78, 5) is 0. The number of aliphatic hydroxyl groups excluding tert-OH is 1. The smallest absolute Gasteiger partial charge is 0.120 e. The van der Waals surface area contributed by atoms with E-state index in [-0.39, 0.29) is 0 Å². The molecule has 0 aliphatic rings. The van der Waals surface area contributed by atoms with Crippen LogP contribution in [0.2, 0.25) is 0 Å². The zero-order valence-electron chi connectivity index (χ0n) is 16.4. The van der Waals surface area contributed by atoms with Crippen molar-refractivity contribution in [3.05, 3.63) is 101 Å². The standard InChI is InChI=1S/C25H28O3/c1-2-3-16-27-18-21-12-14-22(15-13-21)25(26)23-10-7-11-24(17-23)28-19-20-8-5-4-6-9-20/h4-15,17,25-26H,2-3,16,18-19H2,1H3. The molecule has 0 saturated carbocycles. The van der Waals surface area contributed by atoms with E-state index in [1.165, 1.54) is 0 Å². The van der Waals surface area contributed by atoms with E-state index in [0.29, 0.717) is 13.2 Å². The minimum absolute atomic E-state index is 0.507. The highest BCUT2D eigenvalue weighted by Crippen LogP contribution is 2.26. The largest absolute Gasteiger partial charge is 0.489 e. The average Bonchev–Trinajstić information content (AvgIpc) is 2.76. The molecule has 3 heteroatoms. The van der Waals surface area contributed by atoms with Gasteiger partial charge in [-0.1, -0.05) is 80.1 Å². The highest BCUT2D eigenvalue weighted by Gasteiger charge is 2.11. The highest BCUT2D eigenvalue weighted by molar-refractivity contribution is 5.36. The molecule has 3 nitrogen and oxygen atoms in total. The van der Waals surface area contributed by atoms with E-state index in [2.05, 4.69) is 6.92 Å². The fourth-order valence-corrected chi connectivity index (χ4v) is 2.94. The SMILES string of the molecule is CCCCOCc1ccc(C(O)c2cccc(OCc3ccccc3)c2)cc1. The predicted molar refractivity (Wildman–Crippen MR) is 112 cm³/mol. The number of hydrogen-bond donors (Lipinski definition) is 1. The summed E-state index contributed by atoms with van der Waals surface area (Å²) in [7, 11) is 0. The molecule has 1 unspecified atom stereocenters. The van der Waals surface area contributed by atoms with Gasteiger partial charge in [0.2, 0.25) is 0 Å². The van der Waals surface area contributed by atoms with Gasteiger partial charge in [-0.15, -0.1) is 0 Å². The summed E-state index contributed by atoms with van der Waals surface area (Å²) in [5.74, 6) is 0.751. The van der Waals surface area contributed by atoms with E-state index < -0.39 is 6.10 Å². The van der Waals surface area contributed by atoms with Crippen molar-refractivity contribution in [1.29, 1.82) is 0 Å². The molecule has 3 aromatic rings. The molecule has 1 N–H and O–H groups in total. The third-order valence-electron chi connectivity index (χ3n) is 4.63. The summed E-state index contributed by atoms with van der Waals surface area (Å²) in [6.45, 7) is 4.06. The molecule has 0 amide bonds. The predicted octanol–water partition coefficient (Wildman–Crippen LogP) is 5.66. The van der Waals surface area contributed by atoms with Crippen LogP contribution in [0.5, 0.6) is 5.75 Å². The Hall–Kier alpha value is -2.62. The molecule has 0 aliphatic heterocycles. The summed E-state index contributed by atoms with van der Waals surface area (Å²) in [6, 6.07) is 25.6. The molecule has 1 atom stereocenters. The van der Waals surface area contributed by atoms with Crippen molar-refractivity contribution in [3.63, 3.8) is 0 Å². The second kappa shape index (κ2) is 10.6. The first-order valence-electron chi connectivity index (χ1n) is 9.87. The van der Waals surface area contributed by atoms with Crippen molar-refractivity contribution >= 4 is 0 Å². The first-order chi connectivity index (χ1) is 13.8. The van der Waals surface area contributed by atoms with Gasteiger partial charge in [0.1, 0.15) is 18.5 Å². The molecule has 3 rings (SSSR count). The molecule has 0 spiro atoms. The number of aliphatic hydroxyl groups is 1. The third-order valence-corrected chi connectivity index (χ3v) is 4.63. The van der Waals surface area contributed by atoms with Crippen LogP contribution in [0.3, 0.4) is 0 Å². The second-order valence-corrected chi connectivity index (χ2v) is 6.90. The van der Waals surface area contributed by atoms with Gasteiger partial charge >= 0.3 is 0 Å². The van der Waals surface area contributed by atoms with Gasteiger partial charge < -0.3 is 14.6 Å². The van der Waals surface area contributed by atoms with Gasteiger partial charge in [0.25, 0.3) is 0 Å². The Kier molecular flexibility index (Phi) is 7.65. The van der Waals surface area contributed by atoms with Crippen LogP contribution >= 0.6 is 0 Å². The van der Waals surface area contributed by atoms with Crippen LogP contribution in [0.15, 0.2) is 78.9 Å². The molecule has 0 heterocycles. The summed E-state index contributed by atoms with van der Waals surface area (Å²) in [5, 5.41) is 10.8. The Balaban J connectivity index is 1.59. The Labute approximate surface area is 167 Å². The summed E-state index contributed by atoms with van der Waals surface area (Å²) >= 11 is 0. The number of hydrogen-bond acceptors (Lipinski definition) is 3. The van der Waals surface area contributed by atoms with Gasteiger partial charge in [-0.05, 0) is 40.8 Å². The summed E-state index contributed by atoms with van der Waals surface area (Å²) in [6.07, 6.45) is 1.54. The molecule has 3 aromatic carbocycles. The summed E-state index contributed by atoms with van der Waals surface area (Å²) < 4.78 is 11.5. The Morgan fingerprint density at radius 2 is 1.54 bits per heavy atom. The van der Waals surface area contributed by atoms with Crippen molar-refractivity contribution in [2.45, 2.75) is 39.1 Å². The number of rotatable bonds is 10. The highest BCUT2D eigenvalue weighted by atomic mass is 16.5. The van der Waals surface area contributed by atoms with Gasteiger partial charge in [-0.25, -0.2) is 0 Å². The van der Waals surface area contributed by atoms with E-state index in [9.17, 15) is 5.11 Å². The van der Waals surface area contributed by atoms with Gasteiger partial charge in [-0.2, -0.15) is 0 Å². The quantitative estimate of drug-likeness (QED) is 0.464. The molecule has 0 aromatic heterocycles. The van der Waals surface area contributed by atoms with Crippen molar-refractivity contribution in [2.24, 2.45) is 0 Å². The lowest BCUT2D eigenvalue weighted by molar-refractivity contribution is 0.118. The molecule has 0 saturated heterocycles. The third kappa shape index (κ3) is 5.95. The average molecular weight is 376 g/mol. The van der Waals surface area contributed by atoms with Crippen molar-refractivity contribution < 1.29 is 14.6 Å². The molecular formula is C25H28O3. The lowest BCUT2D eigenvalue weighted by atomic mass is 10.0. The van der Waals surface area contributed by atoms with Crippen LogP contribution in [-0.4, -0.2) is 11.7 Å². The zero-order chi connectivity index (χ0) is 19.6. The Bertz CT molecular complexity index is 828. The van der Waals surface area contributed by atoms with Crippen molar-refractivity contribution in [2.75, 3.05) is 6.61 Å². The van der Waals surface area contributed by atoms with E-state index in [4.69, 9.17) is 9.47 Å². The van der Waals surface area contributed by atoms with Crippen LogP contribution in [0, 0.1) is 0 Å². The first kappa shape index (κ1) is 20.1. The van der Waals surface area contributed by atoms with Crippen LogP contribution in [0.4, 0.5) is 0 Å². The van der Waals surface area contributed by atoms with Gasteiger partial charge in [0.05, 0.1) is 6.61 Å². The molecule has 28 heavy (non-hydrogen) atoms. The van der Waals surface area contributed by atoms with Crippen molar-refractivity contribution in [3.8, 4) is 5.75 Å². The fourth-order valence-electron chi connectivity index (χ4n) is 2.94. The van der Waals surface area contributed by atoms with Gasteiger partial charge in [-0.3, -0.25) is 0 Å². The molecule has 0 radical (unpaired) electrons. The number of benzene rings is 3. The molecular weight excluding hydrogens is 348 g/mol.